The molecule has 1 aromatic rings. The van der Waals surface area contributed by atoms with Crippen molar-refractivity contribution in [1.29, 1.82) is 0 Å². The topological polar surface area (TPSA) is 55.4 Å². The Morgan fingerprint density at radius 3 is 2.57 bits per heavy atom. The van der Waals surface area contributed by atoms with Gasteiger partial charge in [0, 0.05) is 22.8 Å². The summed E-state index contributed by atoms with van der Waals surface area (Å²) in [5.41, 5.74) is 2.04. The van der Waals surface area contributed by atoms with Crippen molar-refractivity contribution in [3.8, 4) is 5.75 Å². The van der Waals surface area contributed by atoms with Gasteiger partial charge in [0.15, 0.2) is 9.84 Å². The first kappa shape index (κ1) is 18.5. The SMILES string of the molecule is Cc1cc(Br)cc(CNCC(C)C)c1OCCS(C)(=O)=O. The van der Waals surface area contributed by atoms with Gasteiger partial charge in [-0.3, -0.25) is 0 Å². The third-order valence-corrected chi connectivity index (χ3v) is 4.25. The number of rotatable bonds is 8. The monoisotopic (exact) mass is 377 g/mol. The highest BCUT2D eigenvalue weighted by molar-refractivity contribution is 9.10. The number of ether oxygens (including phenoxy) is 1. The summed E-state index contributed by atoms with van der Waals surface area (Å²) in [6.07, 6.45) is 1.22. The number of hydrogen-bond acceptors (Lipinski definition) is 4. The molecular formula is C15H24BrNO3S. The Morgan fingerprint density at radius 2 is 2.00 bits per heavy atom. The molecule has 0 unspecified atom stereocenters. The number of halogens is 1. The van der Waals surface area contributed by atoms with Gasteiger partial charge in [-0.15, -0.1) is 0 Å². The summed E-state index contributed by atoms with van der Waals surface area (Å²) in [5.74, 6) is 1.38. The lowest BCUT2D eigenvalue weighted by molar-refractivity contribution is 0.333. The van der Waals surface area contributed by atoms with E-state index in [1.807, 2.05) is 19.1 Å². The van der Waals surface area contributed by atoms with Crippen LogP contribution >= 0.6 is 15.9 Å². The van der Waals surface area contributed by atoms with Crippen molar-refractivity contribution in [2.75, 3.05) is 25.2 Å². The molecule has 0 radical (unpaired) electrons. The van der Waals surface area contributed by atoms with Gasteiger partial charge in [0.25, 0.3) is 0 Å². The first-order valence-corrected chi connectivity index (χ1v) is 9.84. The van der Waals surface area contributed by atoms with Crippen molar-refractivity contribution in [2.45, 2.75) is 27.3 Å². The maximum Gasteiger partial charge on any atom is 0.150 e. The molecule has 0 aromatic heterocycles. The lowest BCUT2D eigenvalue weighted by atomic mass is 10.1. The smallest absolute Gasteiger partial charge is 0.150 e. The Labute approximate surface area is 136 Å². The van der Waals surface area contributed by atoms with Crippen LogP contribution in [0.2, 0.25) is 0 Å². The van der Waals surface area contributed by atoms with E-state index in [2.05, 4.69) is 35.1 Å². The third kappa shape index (κ3) is 7.29. The largest absolute Gasteiger partial charge is 0.492 e. The first-order chi connectivity index (χ1) is 9.69. The third-order valence-electron chi connectivity index (χ3n) is 2.88. The average molecular weight is 378 g/mol. The molecule has 6 heteroatoms. The summed E-state index contributed by atoms with van der Waals surface area (Å²) >= 11 is 3.49. The van der Waals surface area contributed by atoms with Gasteiger partial charge >= 0.3 is 0 Å². The zero-order valence-corrected chi connectivity index (χ0v) is 15.5. The molecule has 0 aliphatic rings. The molecule has 4 nitrogen and oxygen atoms in total. The van der Waals surface area contributed by atoms with E-state index in [-0.39, 0.29) is 12.4 Å². The lowest BCUT2D eigenvalue weighted by Gasteiger charge is -2.16. The summed E-state index contributed by atoms with van der Waals surface area (Å²) in [5, 5.41) is 3.38. The van der Waals surface area contributed by atoms with E-state index < -0.39 is 9.84 Å². The molecule has 0 amide bonds. The van der Waals surface area contributed by atoms with Gasteiger partial charge in [-0.2, -0.15) is 0 Å². The second kappa shape index (κ2) is 8.15. The standard InChI is InChI=1S/C15H24BrNO3S/c1-11(2)9-17-10-13-8-14(16)7-12(3)15(13)20-5-6-21(4,18)19/h7-8,11,17H,5-6,9-10H2,1-4H3. The predicted octanol–water partition coefficient (Wildman–Crippen LogP) is 2.93. The van der Waals surface area contributed by atoms with Gasteiger partial charge in [0.1, 0.15) is 12.4 Å². The van der Waals surface area contributed by atoms with E-state index in [0.717, 1.165) is 27.9 Å². The molecule has 0 heterocycles. The highest BCUT2D eigenvalue weighted by Crippen LogP contribution is 2.28. The molecule has 1 N–H and O–H groups in total. The summed E-state index contributed by atoms with van der Waals surface area (Å²) in [7, 11) is -3.01. The quantitative estimate of drug-likeness (QED) is 0.756. The molecule has 120 valence electrons. The van der Waals surface area contributed by atoms with Crippen LogP contribution in [0.25, 0.3) is 0 Å². The van der Waals surface area contributed by atoms with Gasteiger partial charge in [-0.05, 0) is 37.1 Å². The van der Waals surface area contributed by atoms with Gasteiger partial charge < -0.3 is 10.1 Å². The van der Waals surface area contributed by atoms with Gasteiger partial charge in [0.05, 0.1) is 5.75 Å². The molecule has 1 rings (SSSR count). The van der Waals surface area contributed by atoms with Crippen molar-refractivity contribution in [2.24, 2.45) is 5.92 Å². The predicted molar refractivity (Wildman–Crippen MR) is 90.6 cm³/mol. The number of aryl methyl sites for hydroxylation is 1. The molecular weight excluding hydrogens is 354 g/mol. The van der Waals surface area contributed by atoms with Crippen molar-refractivity contribution >= 4 is 25.8 Å². The lowest BCUT2D eigenvalue weighted by Crippen LogP contribution is -2.20. The van der Waals surface area contributed by atoms with Crippen LogP contribution in [0, 0.1) is 12.8 Å². The van der Waals surface area contributed by atoms with E-state index >= 15 is 0 Å². The molecule has 0 aliphatic carbocycles. The van der Waals surface area contributed by atoms with Crippen molar-refractivity contribution in [3.63, 3.8) is 0 Å². The van der Waals surface area contributed by atoms with Crippen LogP contribution in [-0.2, 0) is 16.4 Å². The fourth-order valence-electron chi connectivity index (χ4n) is 1.93. The van der Waals surface area contributed by atoms with Crippen LogP contribution in [0.15, 0.2) is 16.6 Å². The Kier molecular flexibility index (Phi) is 7.16. The van der Waals surface area contributed by atoms with Gasteiger partial charge in [-0.25, -0.2) is 8.42 Å². The van der Waals surface area contributed by atoms with Crippen LogP contribution in [0.4, 0.5) is 0 Å². The molecule has 0 bridgehead atoms. The number of hydrogen-bond donors (Lipinski definition) is 1. The summed E-state index contributed by atoms with van der Waals surface area (Å²) in [4.78, 5) is 0. The Morgan fingerprint density at radius 1 is 1.33 bits per heavy atom. The van der Waals surface area contributed by atoms with E-state index in [1.165, 1.54) is 6.26 Å². The Bertz CT molecular complexity index is 571. The zero-order valence-electron chi connectivity index (χ0n) is 13.1. The normalized spacial score (nSPS) is 11.9. The highest BCUT2D eigenvalue weighted by Gasteiger charge is 2.11. The molecule has 0 atom stereocenters. The molecule has 0 spiro atoms. The summed E-state index contributed by atoms with van der Waals surface area (Å²) < 4.78 is 29.1. The molecule has 1 aromatic carbocycles. The highest BCUT2D eigenvalue weighted by atomic mass is 79.9. The van der Waals surface area contributed by atoms with Crippen LogP contribution in [0.5, 0.6) is 5.75 Å². The Balaban J connectivity index is 2.79. The minimum absolute atomic E-state index is 0.0291. The maximum atomic E-state index is 11.2. The number of nitrogens with one attached hydrogen (secondary N) is 1. The van der Waals surface area contributed by atoms with Gasteiger partial charge in [0.2, 0.25) is 0 Å². The number of benzene rings is 1. The average Bonchev–Trinajstić information content (AvgIpc) is 2.30. The van der Waals surface area contributed by atoms with Crippen molar-refractivity contribution < 1.29 is 13.2 Å². The van der Waals surface area contributed by atoms with E-state index in [0.29, 0.717) is 12.5 Å². The van der Waals surface area contributed by atoms with E-state index in [1.54, 1.807) is 0 Å². The molecule has 0 saturated carbocycles. The minimum Gasteiger partial charge on any atom is -0.492 e. The van der Waals surface area contributed by atoms with Crippen LogP contribution in [0.1, 0.15) is 25.0 Å². The zero-order chi connectivity index (χ0) is 16.0. The second-order valence-electron chi connectivity index (χ2n) is 5.71. The van der Waals surface area contributed by atoms with Crippen LogP contribution < -0.4 is 10.1 Å². The molecule has 0 aliphatic heterocycles. The molecule has 0 saturated heterocycles. The summed E-state index contributed by atoms with van der Waals surface area (Å²) in [6, 6.07) is 3.98. The molecule has 0 fully saturated rings. The fourth-order valence-corrected chi connectivity index (χ4v) is 2.93. The van der Waals surface area contributed by atoms with Crippen LogP contribution in [0.3, 0.4) is 0 Å². The molecule has 21 heavy (non-hydrogen) atoms. The maximum absolute atomic E-state index is 11.2. The van der Waals surface area contributed by atoms with Crippen molar-refractivity contribution in [1.82, 2.24) is 5.32 Å². The minimum atomic E-state index is -3.01. The van der Waals surface area contributed by atoms with E-state index in [9.17, 15) is 8.42 Å². The van der Waals surface area contributed by atoms with Gasteiger partial charge in [-0.1, -0.05) is 29.8 Å². The summed E-state index contributed by atoms with van der Waals surface area (Å²) in [6.45, 7) is 8.08. The number of sulfone groups is 1. The second-order valence-corrected chi connectivity index (χ2v) is 8.89. The first-order valence-electron chi connectivity index (χ1n) is 6.99. The Hall–Kier alpha value is -0.590. The van der Waals surface area contributed by atoms with E-state index in [4.69, 9.17) is 4.74 Å². The van der Waals surface area contributed by atoms with Crippen molar-refractivity contribution in [3.05, 3.63) is 27.7 Å². The van der Waals surface area contributed by atoms with Crippen LogP contribution in [-0.4, -0.2) is 33.6 Å². The fraction of sp³-hybridized carbons (Fsp3) is 0.600.